The summed E-state index contributed by atoms with van der Waals surface area (Å²) in [5, 5.41) is 6.99. The fourth-order valence-electron chi connectivity index (χ4n) is 4.11. The molecule has 2 heterocycles. The zero-order valence-corrected chi connectivity index (χ0v) is 20.6. The Morgan fingerprint density at radius 3 is 2.67 bits per heavy atom. The first-order valence-corrected chi connectivity index (χ1v) is 13.9. The van der Waals surface area contributed by atoms with Gasteiger partial charge in [-0.1, -0.05) is 23.9 Å². The molecule has 2 aliphatic heterocycles. The topological polar surface area (TPSA) is 90.9 Å². The van der Waals surface area contributed by atoms with Crippen LogP contribution in [0.1, 0.15) is 29.3 Å². The highest BCUT2D eigenvalue weighted by atomic mass is 32.2. The van der Waals surface area contributed by atoms with E-state index in [0.29, 0.717) is 12.1 Å². The fourth-order valence-corrected chi connectivity index (χ4v) is 7.79. The normalized spacial score (nSPS) is 20.7. The molecular weight excluding hydrogens is 456 g/mol. The number of aryl methyl sites for hydroxylation is 1. The molecule has 0 saturated carbocycles. The molecule has 176 valence electrons. The lowest BCUT2D eigenvalue weighted by Gasteiger charge is -2.23. The Morgan fingerprint density at radius 2 is 1.97 bits per heavy atom. The van der Waals surface area contributed by atoms with Gasteiger partial charge in [0.15, 0.2) is 15.0 Å². The zero-order chi connectivity index (χ0) is 23.4. The third kappa shape index (κ3) is 6.09. The second-order valence-electron chi connectivity index (χ2n) is 8.47. The number of amidine groups is 1. The van der Waals surface area contributed by atoms with E-state index in [1.54, 1.807) is 12.1 Å². The first kappa shape index (κ1) is 23.6. The van der Waals surface area contributed by atoms with Crippen LogP contribution in [0.15, 0.2) is 53.5 Å². The Bertz CT molecular complexity index is 1130. The standard InChI is InChI=1S/C24H30N4O3S2/c1-3-28(20-7-4-6-17(2)14-20)13-5-12-25-23(29)18-8-10-19(11-9-18)26-24-27-21-15-33(30,31)16-22(21)32-24/h4,6-11,14,21-22H,3,5,12-13,15-16H2,1-2H3,(H,25,29)(H,26,27)/t21-,22-/m1/s1. The summed E-state index contributed by atoms with van der Waals surface area (Å²) in [5.41, 5.74) is 3.89. The van der Waals surface area contributed by atoms with Gasteiger partial charge in [0.1, 0.15) is 0 Å². The highest BCUT2D eigenvalue weighted by Crippen LogP contribution is 2.34. The molecule has 33 heavy (non-hydrogen) atoms. The van der Waals surface area contributed by atoms with E-state index < -0.39 is 9.84 Å². The average Bonchev–Trinajstić information content (AvgIpc) is 3.26. The van der Waals surface area contributed by atoms with Gasteiger partial charge in [0.25, 0.3) is 5.91 Å². The van der Waals surface area contributed by atoms with E-state index in [9.17, 15) is 13.2 Å². The molecule has 0 aromatic heterocycles. The number of carbonyl (C=O) groups is 1. The quantitative estimate of drug-likeness (QED) is 0.557. The molecule has 0 spiro atoms. The third-order valence-electron chi connectivity index (χ3n) is 5.86. The van der Waals surface area contributed by atoms with E-state index >= 15 is 0 Å². The van der Waals surface area contributed by atoms with Crippen LogP contribution in [-0.2, 0) is 9.84 Å². The molecule has 0 unspecified atom stereocenters. The molecule has 2 N–H and O–H groups in total. The Labute approximate surface area is 200 Å². The first-order valence-electron chi connectivity index (χ1n) is 11.2. The molecule has 4 rings (SSSR count). The first-order chi connectivity index (χ1) is 15.8. The number of carbonyl (C=O) groups excluding carboxylic acids is 1. The summed E-state index contributed by atoms with van der Waals surface area (Å²) >= 11 is 1.48. The molecule has 1 fully saturated rings. The lowest BCUT2D eigenvalue weighted by molar-refractivity contribution is 0.0953. The van der Waals surface area contributed by atoms with Crippen LogP contribution in [0.3, 0.4) is 0 Å². The summed E-state index contributed by atoms with van der Waals surface area (Å²) in [5.74, 6) is 0.236. The van der Waals surface area contributed by atoms with Crippen molar-refractivity contribution in [3.05, 3.63) is 59.7 Å². The van der Waals surface area contributed by atoms with Gasteiger partial charge in [-0.25, -0.2) is 8.42 Å². The van der Waals surface area contributed by atoms with Gasteiger partial charge in [0, 0.05) is 41.8 Å². The Kier molecular flexibility index (Phi) is 7.29. The van der Waals surface area contributed by atoms with E-state index in [0.717, 1.165) is 30.4 Å². The van der Waals surface area contributed by atoms with Crippen LogP contribution in [-0.4, -0.2) is 61.9 Å². The van der Waals surface area contributed by atoms with E-state index in [4.69, 9.17) is 0 Å². The molecule has 2 aromatic carbocycles. The minimum absolute atomic E-state index is 0.0112. The second-order valence-corrected chi connectivity index (χ2v) is 11.8. The van der Waals surface area contributed by atoms with Crippen LogP contribution in [0.25, 0.3) is 0 Å². The predicted octanol–water partition coefficient (Wildman–Crippen LogP) is 3.32. The van der Waals surface area contributed by atoms with Crippen molar-refractivity contribution in [2.24, 2.45) is 4.99 Å². The summed E-state index contributed by atoms with van der Waals surface area (Å²) in [6.07, 6.45) is 0.863. The van der Waals surface area contributed by atoms with Gasteiger partial charge in [-0.15, -0.1) is 0 Å². The van der Waals surface area contributed by atoms with Gasteiger partial charge in [0.2, 0.25) is 0 Å². The van der Waals surface area contributed by atoms with Crippen molar-refractivity contribution in [1.82, 2.24) is 5.32 Å². The number of sulfone groups is 1. The minimum atomic E-state index is -2.95. The lowest BCUT2D eigenvalue weighted by atomic mass is 10.2. The summed E-state index contributed by atoms with van der Waals surface area (Å²) in [7, 11) is -2.95. The molecule has 0 radical (unpaired) electrons. The summed E-state index contributed by atoms with van der Waals surface area (Å²) in [6.45, 7) is 6.65. The van der Waals surface area contributed by atoms with Crippen molar-refractivity contribution in [3.8, 4) is 0 Å². The van der Waals surface area contributed by atoms with Gasteiger partial charge < -0.3 is 15.5 Å². The van der Waals surface area contributed by atoms with Gasteiger partial charge in [-0.05, 0) is 62.2 Å². The van der Waals surface area contributed by atoms with E-state index in [2.05, 4.69) is 58.6 Å². The summed E-state index contributed by atoms with van der Waals surface area (Å²) in [6, 6.07) is 15.6. The van der Waals surface area contributed by atoms with Crippen LogP contribution in [0.4, 0.5) is 11.4 Å². The molecule has 2 atom stereocenters. The van der Waals surface area contributed by atoms with Gasteiger partial charge in [-0.3, -0.25) is 9.79 Å². The number of nitrogens with one attached hydrogen (secondary N) is 2. The van der Waals surface area contributed by atoms with Crippen molar-refractivity contribution in [3.63, 3.8) is 0 Å². The minimum Gasteiger partial charge on any atom is -0.372 e. The van der Waals surface area contributed by atoms with E-state index in [1.807, 2.05) is 12.1 Å². The number of rotatable bonds is 8. The van der Waals surface area contributed by atoms with Gasteiger partial charge in [0.05, 0.1) is 17.5 Å². The summed E-state index contributed by atoms with van der Waals surface area (Å²) in [4.78, 5) is 19.3. The maximum absolute atomic E-state index is 12.5. The molecule has 9 heteroatoms. The highest BCUT2D eigenvalue weighted by molar-refractivity contribution is 8.15. The van der Waals surface area contributed by atoms with Crippen LogP contribution in [0.5, 0.6) is 0 Å². The Balaban J connectivity index is 1.23. The number of thioether (sulfide) groups is 1. The predicted molar refractivity (Wildman–Crippen MR) is 137 cm³/mol. The maximum Gasteiger partial charge on any atom is 0.251 e. The second kappa shape index (κ2) is 10.2. The molecular formula is C24H30N4O3S2. The molecule has 0 aliphatic carbocycles. The Morgan fingerprint density at radius 1 is 1.18 bits per heavy atom. The number of amides is 1. The van der Waals surface area contributed by atoms with Crippen LogP contribution in [0, 0.1) is 6.92 Å². The molecule has 1 saturated heterocycles. The largest absolute Gasteiger partial charge is 0.372 e. The third-order valence-corrected chi connectivity index (χ3v) is 9.00. The fraction of sp³-hybridized carbons (Fsp3) is 0.417. The number of aliphatic imine (C=N–C) groups is 1. The number of anilines is 2. The molecule has 2 aliphatic rings. The maximum atomic E-state index is 12.5. The molecule has 0 bridgehead atoms. The number of hydrogen-bond acceptors (Lipinski definition) is 7. The van der Waals surface area contributed by atoms with Crippen molar-refractivity contribution in [2.75, 3.05) is 41.4 Å². The SMILES string of the molecule is CCN(CCCNC(=O)c1ccc(NC2=N[C@@H]3CS(=O)(=O)C[C@H]3S2)cc1)c1cccc(C)c1. The van der Waals surface area contributed by atoms with E-state index in [-0.39, 0.29) is 28.7 Å². The number of hydrogen-bond donors (Lipinski definition) is 2. The van der Waals surface area contributed by atoms with Crippen molar-refractivity contribution >= 4 is 44.0 Å². The van der Waals surface area contributed by atoms with Gasteiger partial charge in [-0.2, -0.15) is 0 Å². The number of benzene rings is 2. The van der Waals surface area contributed by atoms with Crippen molar-refractivity contribution in [2.45, 2.75) is 31.6 Å². The van der Waals surface area contributed by atoms with Crippen molar-refractivity contribution in [1.29, 1.82) is 0 Å². The smallest absolute Gasteiger partial charge is 0.251 e. The molecule has 1 amide bonds. The van der Waals surface area contributed by atoms with Crippen molar-refractivity contribution < 1.29 is 13.2 Å². The zero-order valence-electron chi connectivity index (χ0n) is 19.0. The monoisotopic (exact) mass is 486 g/mol. The lowest BCUT2D eigenvalue weighted by Crippen LogP contribution is -2.30. The molecule has 2 aromatic rings. The summed E-state index contributed by atoms with van der Waals surface area (Å²) < 4.78 is 23.4. The van der Waals surface area contributed by atoms with Crippen LogP contribution in [0.2, 0.25) is 0 Å². The number of nitrogens with zero attached hydrogens (tertiary/aromatic N) is 2. The van der Waals surface area contributed by atoms with E-state index in [1.165, 1.54) is 23.0 Å². The molecule has 7 nitrogen and oxygen atoms in total. The van der Waals surface area contributed by atoms with Gasteiger partial charge >= 0.3 is 0 Å². The van der Waals surface area contributed by atoms with Crippen LogP contribution < -0.4 is 15.5 Å². The number of fused-ring (bicyclic) bond motifs is 1. The average molecular weight is 487 g/mol. The highest BCUT2D eigenvalue weighted by Gasteiger charge is 2.42. The van der Waals surface area contributed by atoms with Crippen LogP contribution >= 0.6 is 11.8 Å². The Hall–Kier alpha value is -2.52.